The number of carbonyl (C=O) groups excluding carboxylic acids is 1. The molecule has 0 aromatic rings. The van der Waals surface area contributed by atoms with Gasteiger partial charge >= 0.3 is 0 Å². The second-order valence-corrected chi connectivity index (χ2v) is 6.45. The molecule has 0 aromatic carbocycles. The van der Waals surface area contributed by atoms with Crippen molar-refractivity contribution in [2.45, 2.75) is 33.2 Å². The topological polar surface area (TPSA) is 61.6 Å². The van der Waals surface area contributed by atoms with E-state index in [2.05, 4.69) is 29.0 Å². The summed E-state index contributed by atoms with van der Waals surface area (Å²) in [4.78, 5) is 17.1. The first kappa shape index (κ1) is 17.3. The summed E-state index contributed by atoms with van der Waals surface area (Å²) in [5.74, 6) is 0.752. The van der Waals surface area contributed by atoms with Crippen LogP contribution in [0.15, 0.2) is 0 Å². The largest absolute Gasteiger partial charge is 0.392 e. The number of nitrogens with two attached hydrogens (primary N) is 1. The number of carbonyl (C=O) groups is 1. The molecule has 0 bridgehead atoms. The van der Waals surface area contributed by atoms with E-state index in [4.69, 9.17) is 18.0 Å². The Morgan fingerprint density at radius 3 is 2.35 bits per heavy atom. The van der Waals surface area contributed by atoms with E-state index >= 15 is 0 Å². The van der Waals surface area contributed by atoms with Crippen LogP contribution in [0.2, 0.25) is 0 Å². The molecule has 3 N–H and O–H groups in total. The third-order valence-corrected chi connectivity index (χ3v) is 3.86. The van der Waals surface area contributed by atoms with Gasteiger partial charge in [0.05, 0.1) is 11.0 Å². The zero-order chi connectivity index (χ0) is 15.1. The van der Waals surface area contributed by atoms with Crippen LogP contribution in [0.25, 0.3) is 0 Å². The van der Waals surface area contributed by atoms with Gasteiger partial charge in [-0.15, -0.1) is 0 Å². The highest BCUT2D eigenvalue weighted by molar-refractivity contribution is 7.80. The van der Waals surface area contributed by atoms with Crippen LogP contribution < -0.4 is 11.1 Å². The molecule has 116 valence electrons. The van der Waals surface area contributed by atoms with Gasteiger partial charge in [-0.1, -0.05) is 26.1 Å². The van der Waals surface area contributed by atoms with Gasteiger partial charge in [-0.3, -0.25) is 14.6 Å². The molecule has 6 heteroatoms. The first-order valence-electron chi connectivity index (χ1n) is 7.42. The van der Waals surface area contributed by atoms with Crippen LogP contribution in [0.3, 0.4) is 0 Å². The molecule has 1 rings (SSSR count). The standard InChI is InChI=1S/C14H28N4OS/c1-11(2)4-5-16-14(19)12(3)18-8-6-17(7-9-18)10-13(15)20/h11-12H,4-10H2,1-3H3,(H2,15,20)(H,16,19). The van der Waals surface area contributed by atoms with Crippen molar-refractivity contribution in [2.75, 3.05) is 39.3 Å². The molecule has 0 aromatic heterocycles. The molecule has 1 atom stereocenters. The Bertz CT molecular complexity index is 327. The summed E-state index contributed by atoms with van der Waals surface area (Å²) in [6.45, 7) is 11.4. The maximum Gasteiger partial charge on any atom is 0.237 e. The van der Waals surface area contributed by atoms with E-state index in [1.807, 2.05) is 6.92 Å². The molecule has 1 aliphatic rings. The van der Waals surface area contributed by atoms with E-state index in [-0.39, 0.29) is 11.9 Å². The number of hydrogen-bond acceptors (Lipinski definition) is 4. The Balaban J connectivity index is 2.29. The Kier molecular flexibility index (Phi) is 7.40. The van der Waals surface area contributed by atoms with Crippen molar-refractivity contribution < 1.29 is 4.79 Å². The van der Waals surface area contributed by atoms with Gasteiger partial charge in [-0.05, 0) is 19.3 Å². The highest BCUT2D eigenvalue weighted by atomic mass is 32.1. The zero-order valence-electron chi connectivity index (χ0n) is 12.9. The number of hydrogen-bond donors (Lipinski definition) is 2. The average Bonchev–Trinajstić information content (AvgIpc) is 2.37. The van der Waals surface area contributed by atoms with E-state index in [9.17, 15) is 4.79 Å². The van der Waals surface area contributed by atoms with Gasteiger partial charge in [0.25, 0.3) is 0 Å². The fourth-order valence-electron chi connectivity index (χ4n) is 2.33. The average molecular weight is 300 g/mol. The summed E-state index contributed by atoms with van der Waals surface area (Å²) < 4.78 is 0. The molecule has 1 aliphatic heterocycles. The number of amides is 1. The normalized spacial score (nSPS) is 19.0. The molecule has 20 heavy (non-hydrogen) atoms. The zero-order valence-corrected chi connectivity index (χ0v) is 13.7. The lowest BCUT2D eigenvalue weighted by Gasteiger charge is -2.37. The fraction of sp³-hybridized carbons (Fsp3) is 0.857. The summed E-state index contributed by atoms with van der Waals surface area (Å²) in [5.41, 5.74) is 5.56. The van der Waals surface area contributed by atoms with Crippen LogP contribution in [-0.2, 0) is 4.79 Å². The quantitative estimate of drug-likeness (QED) is 0.668. The van der Waals surface area contributed by atoms with Crippen LogP contribution in [0.5, 0.6) is 0 Å². The first-order valence-corrected chi connectivity index (χ1v) is 7.83. The smallest absolute Gasteiger partial charge is 0.237 e. The molecule has 0 aliphatic carbocycles. The maximum atomic E-state index is 12.1. The van der Waals surface area contributed by atoms with Crippen molar-refractivity contribution in [3.63, 3.8) is 0 Å². The second kappa shape index (κ2) is 8.54. The van der Waals surface area contributed by atoms with Crippen LogP contribution in [0, 0.1) is 5.92 Å². The monoisotopic (exact) mass is 300 g/mol. The van der Waals surface area contributed by atoms with Crippen molar-refractivity contribution >= 4 is 23.1 Å². The summed E-state index contributed by atoms with van der Waals surface area (Å²) >= 11 is 4.93. The van der Waals surface area contributed by atoms with Gasteiger partial charge in [-0.25, -0.2) is 0 Å². The molecule has 1 unspecified atom stereocenters. The number of rotatable bonds is 7. The Morgan fingerprint density at radius 2 is 1.85 bits per heavy atom. The third kappa shape index (κ3) is 6.15. The summed E-state index contributed by atoms with van der Waals surface area (Å²) in [6.07, 6.45) is 1.03. The Hall–Kier alpha value is -0.720. The number of piperazine rings is 1. The summed E-state index contributed by atoms with van der Waals surface area (Å²) in [5, 5.41) is 3.02. The fourth-order valence-corrected chi connectivity index (χ4v) is 2.51. The van der Waals surface area contributed by atoms with Crippen LogP contribution in [0.4, 0.5) is 0 Å². The Morgan fingerprint density at radius 1 is 1.25 bits per heavy atom. The van der Waals surface area contributed by atoms with E-state index in [0.29, 0.717) is 17.5 Å². The van der Waals surface area contributed by atoms with E-state index in [1.54, 1.807) is 0 Å². The SMILES string of the molecule is CC(C)CCNC(=O)C(C)N1CCN(CC(N)=S)CC1. The molecule has 0 spiro atoms. The van der Waals surface area contributed by atoms with Gasteiger partial charge in [-0.2, -0.15) is 0 Å². The van der Waals surface area contributed by atoms with Gasteiger partial charge in [0.15, 0.2) is 0 Å². The molecular formula is C14H28N4OS. The Labute approximate surface area is 127 Å². The van der Waals surface area contributed by atoms with Gasteiger partial charge in [0.2, 0.25) is 5.91 Å². The summed E-state index contributed by atoms with van der Waals surface area (Å²) in [7, 11) is 0. The predicted octanol–water partition coefficient (Wildman–Crippen LogP) is 0.441. The lowest BCUT2D eigenvalue weighted by molar-refractivity contribution is -0.126. The van der Waals surface area contributed by atoms with Crippen molar-refractivity contribution in [1.82, 2.24) is 15.1 Å². The first-order chi connectivity index (χ1) is 9.40. The van der Waals surface area contributed by atoms with Crippen molar-refractivity contribution in [2.24, 2.45) is 11.7 Å². The molecule has 1 fully saturated rings. The molecule has 1 heterocycles. The molecule has 1 saturated heterocycles. The van der Waals surface area contributed by atoms with Gasteiger partial charge < -0.3 is 11.1 Å². The van der Waals surface area contributed by atoms with Crippen LogP contribution in [-0.4, -0.2) is 66.0 Å². The molecule has 1 amide bonds. The van der Waals surface area contributed by atoms with Crippen molar-refractivity contribution in [3.05, 3.63) is 0 Å². The van der Waals surface area contributed by atoms with Crippen molar-refractivity contribution in [3.8, 4) is 0 Å². The number of nitrogens with one attached hydrogen (secondary N) is 1. The lowest BCUT2D eigenvalue weighted by atomic mass is 10.1. The van der Waals surface area contributed by atoms with E-state index < -0.39 is 0 Å². The van der Waals surface area contributed by atoms with E-state index in [0.717, 1.165) is 39.1 Å². The molecule has 0 radical (unpaired) electrons. The number of thiocarbonyl (C=S) groups is 1. The summed E-state index contributed by atoms with van der Waals surface area (Å²) in [6, 6.07) is -0.0610. The minimum absolute atomic E-state index is 0.0610. The highest BCUT2D eigenvalue weighted by Crippen LogP contribution is 2.06. The predicted molar refractivity (Wildman–Crippen MR) is 86.7 cm³/mol. The van der Waals surface area contributed by atoms with Crippen molar-refractivity contribution in [1.29, 1.82) is 0 Å². The maximum absolute atomic E-state index is 12.1. The number of nitrogens with zero attached hydrogens (tertiary/aromatic N) is 2. The second-order valence-electron chi connectivity index (χ2n) is 5.93. The van der Waals surface area contributed by atoms with E-state index in [1.165, 1.54) is 0 Å². The van der Waals surface area contributed by atoms with Gasteiger partial charge in [0.1, 0.15) is 0 Å². The minimum atomic E-state index is -0.0610. The molecule has 5 nitrogen and oxygen atoms in total. The highest BCUT2D eigenvalue weighted by Gasteiger charge is 2.25. The van der Waals surface area contributed by atoms with Gasteiger partial charge in [0, 0.05) is 39.3 Å². The minimum Gasteiger partial charge on any atom is -0.392 e. The lowest BCUT2D eigenvalue weighted by Crippen LogP contribution is -2.54. The van der Waals surface area contributed by atoms with Crippen LogP contribution >= 0.6 is 12.2 Å². The molecular weight excluding hydrogens is 272 g/mol. The third-order valence-electron chi connectivity index (χ3n) is 3.73. The molecule has 0 saturated carbocycles. The van der Waals surface area contributed by atoms with Crippen LogP contribution in [0.1, 0.15) is 27.2 Å².